The summed E-state index contributed by atoms with van der Waals surface area (Å²) in [5.74, 6) is -0.935. The van der Waals surface area contributed by atoms with Crippen molar-refractivity contribution >= 4 is 19.8 Å². The zero-order valence-electron chi connectivity index (χ0n) is 31.8. The molecule has 0 aromatic heterocycles. The molecule has 9 heteroatoms. The monoisotopic (exact) mass is 725 g/mol. The molecular weight excluding hydrogens is 651 g/mol. The molecule has 0 aliphatic heterocycles. The number of phosphoric ester groups is 1. The largest absolute Gasteiger partial charge is 0.469 e. The van der Waals surface area contributed by atoms with Gasteiger partial charge in [-0.2, -0.15) is 0 Å². The zero-order chi connectivity index (χ0) is 36.8. The number of hydrogen-bond acceptors (Lipinski definition) is 6. The lowest BCUT2D eigenvalue weighted by Gasteiger charge is -2.18. The average molecular weight is 725 g/mol. The molecule has 0 spiro atoms. The molecule has 0 bridgehead atoms. The molecule has 0 saturated carbocycles. The van der Waals surface area contributed by atoms with Crippen LogP contribution in [0.1, 0.15) is 181 Å². The Morgan fingerprint density at radius 2 is 0.900 bits per heavy atom. The summed E-state index contributed by atoms with van der Waals surface area (Å²) >= 11 is 0. The van der Waals surface area contributed by atoms with E-state index in [-0.39, 0.29) is 19.4 Å². The fourth-order valence-electron chi connectivity index (χ4n) is 5.31. The smallest absolute Gasteiger partial charge is 0.462 e. The fraction of sp³-hybridized carbons (Fsp3) is 0.756. The molecule has 0 aliphatic rings. The number of esters is 2. The summed E-state index contributed by atoms with van der Waals surface area (Å²) in [4.78, 5) is 42.7. The van der Waals surface area contributed by atoms with Crippen molar-refractivity contribution in [3.63, 3.8) is 0 Å². The lowest BCUT2D eigenvalue weighted by molar-refractivity contribution is -0.161. The van der Waals surface area contributed by atoms with Crippen molar-refractivity contribution in [1.29, 1.82) is 0 Å². The molecule has 290 valence electrons. The van der Waals surface area contributed by atoms with Crippen molar-refractivity contribution in [1.82, 2.24) is 0 Å². The predicted molar refractivity (Wildman–Crippen MR) is 207 cm³/mol. The van der Waals surface area contributed by atoms with Gasteiger partial charge in [0, 0.05) is 12.8 Å². The Bertz CT molecular complexity index is 952. The van der Waals surface area contributed by atoms with Gasteiger partial charge in [0.25, 0.3) is 0 Å². The number of phosphoric acid groups is 1. The van der Waals surface area contributed by atoms with Gasteiger partial charge in [0.15, 0.2) is 6.10 Å². The topological polar surface area (TPSA) is 119 Å². The molecule has 0 amide bonds. The summed E-state index contributed by atoms with van der Waals surface area (Å²) in [5, 5.41) is 0. The molecular formula is C41H73O8P. The van der Waals surface area contributed by atoms with E-state index in [1.807, 2.05) is 0 Å². The normalized spacial score (nSPS) is 13.0. The number of ether oxygens (including phenoxy) is 2. The maximum atomic E-state index is 12.4. The summed E-state index contributed by atoms with van der Waals surface area (Å²) in [6.45, 7) is 3.61. The fourth-order valence-corrected chi connectivity index (χ4v) is 5.67. The molecule has 8 nitrogen and oxygen atoms in total. The lowest BCUT2D eigenvalue weighted by Crippen LogP contribution is -2.29. The summed E-state index contributed by atoms with van der Waals surface area (Å²) < 4.78 is 26.3. The van der Waals surface area contributed by atoms with Gasteiger partial charge in [-0.15, -0.1) is 0 Å². The third-order valence-corrected chi connectivity index (χ3v) is 8.81. The minimum absolute atomic E-state index is 0.198. The molecule has 0 aliphatic carbocycles. The van der Waals surface area contributed by atoms with Crippen molar-refractivity contribution in [2.45, 2.75) is 187 Å². The Balaban J connectivity index is 4.01. The summed E-state index contributed by atoms with van der Waals surface area (Å²) in [6.07, 6.45) is 44.0. The molecule has 2 N–H and O–H groups in total. The van der Waals surface area contributed by atoms with Crippen LogP contribution in [0.15, 0.2) is 48.6 Å². The van der Waals surface area contributed by atoms with Crippen molar-refractivity contribution in [3.8, 4) is 0 Å². The van der Waals surface area contributed by atoms with Crippen LogP contribution >= 0.6 is 7.82 Å². The van der Waals surface area contributed by atoms with E-state index < -0.39 is 32.5 Å². The van der Waals surface area contributed by atoms with E-state index in [0.717, 1.165) is 57.8 Å². The Morgan fingerprint density at radius 3 is 1.44 bits per heavy atom. The zero-order valence-corrected chi connectivity index (χ0v) is 32.7. The minimum atomic E-state index is -4.76. The van der Waals surface area contributed by atoms with Crippen molar-refractivity contribution < 1.29 is 37.9 Å². The van der Waals surface area contributed by atoms with Gasteiger partial charge in [0.1, 0.15) is 6.61 Å². The Hall–Kier alpha value is -1.99. The van der Waals surface area contributed by atoms with Crippen molar-refractivity contribution in [2.75, 3.05) is 13.2 Å². The van der Waals surface area contributed by atoms with Crippen LogP contribution in [0.25, 0.3) is 0 Å². The first-order chi connectivity index (χ1) is 24.3. The quantitative estimate of drug-likeness (QED) is 0.0284. The van der Waals surface area contributed by atoms with Gasteiger partial charge in [0.05, 0.1) is 6.61 Å². The number of carbonyl (C=O) groups is 2. The average Bonchev–Trinajstić information content (AvgIpc) is 3.08. The van der Waals surface area contributed by atoms with Gasteiger partial charge in [-0.05, 0) is 77.0 Å². The van der Waals surface area contributed by atoms with Crippen LogP contribution in [0.2, 0.25) is 0 Å². The number of allylic oxidation sites excluding steroid dienone is 8. The number of unbranched alkanes of at least 4 members (excludes halogenated alkanes) is 18. The Kier molecular flexibility index (Phi) is 35.3. The van der Waals surface area contributed by atoms with Gasteiger partial charge in [-0.1, -0.05) is 140 Å². The van der Waals surface area contributed by atoms with E-state index in [2.05, 4.69) is 67.0 Å². The van der Waals surface area contributed by atoms with Crippen molar-refractivity contribution in [2.24, 2.45) is 0 Å². The van der Waals surface area contributed by atoms with Gasteiger partial charge in [-0.3, -0.25) is 14.1 Å². The SMILES string of the molecule is CCCCC/C=C/C/C=C/C/C=C/CCCCC(=O)OC[C@H](COP(=O)(O)O)OC(=O)CCCCCCCCC/C=C/CCCCCCCC. The first-order valence-electron chi connectivity index (χ1n) is 19.9. The highest BCUT2D eigenvalue weighted by Crippen LogP contribution is 2.36. The maximum absolute atomic E-state index is 12.4. The number of carbonyl (C=O) groups excluding carboxylic acids is 2. The van der Waals surface area contributed by atoms with Gasteiger partial charge >= 0.3 is 19.8 Å². The first kappa shape index (κ1) is 48.0. The number of rotatable bonds is 36. The van der Waals surface area contributed by atoms with E-state index in [1.54, 1.807) is 0 Å². The highest BCUT2D eigenvalue weighted by molar-refractivity contribution is 7.46. The van der Waals surface area contributed by atoms with Crippen molar-refractivity contribution in [3.05, 3.63) is 48.6 Å². The van der Waals surface area contributed by atoms with E-state index in [0.29, 0.717) is 12.8 Å². The molecule has 50 heavy (non-hydrogen) atoms. The van der Waals surface area contributed by atoms with Crippen LogP contribution in [0.5, 0.6) is 0 Å². The van der Waals surface area contributed by atoms with Gasteiger partial charge in [-0.25, -0.2) is 4.57 Å². The highest BCUT2D eigenvalue weighted by Gasteiger charge is 2.22. The number of hydrogen-bond donors (Lipinski definition) is 2. The van der Waals surface area contributed by atoms with Crippen LogP contribution in [0.4, 0.5) is 0 Å². The molecule has 1 atom stereocenters. The molecule has 0 aromatic rings. The molecule has 0 unspecified atom stereocenters. The van der Waals surface area contributed by atoms with E-state index in [1.165, 1.54) is 83.5 Å². The van der Waals surface area contributed by atoms with Crippen LogP contribution in [-0.4, -0.2) is 41.0 Å². The summed E-state index contributed by atoms with van der Waals surface area (Å²) in [7, 11) is -4.76. The molecule has 0 radical (unpaired) electrons. The lowest BCUT2D eigenvalue weighted by atomic mass is 10.1. The Morgan fingerprint density at radius 1 is 0.520 bits per heavy atom. The maximum Gasteiger partial charge on any atom is 0.469 e. The van der Waals surface area contributed by atoms with Crippen LogP contribution < -0.4 is 0 Å². The van der Waals surface area contributed by atoms with E-state index >= 15 is 0 Å². The second-order valence-corrected chi connectivity index (χ2v) is 14.5. The van der Waals surface area contributed by atoms with E-state index in [9.17, 15) is 14.2 Å². The van der Waals surface area contributed by atoms with Crippen LogP contribution in [-0.2, 0) is 28.2 Å². The Labute approximate surface area is 305 Å². The standard InChI is InChI=1S/C41H73O8P/c1-3-5-7-9-11-13-15-17-19-20-22-24-26-28-30-32-34-36-41(43)49-39(38-48-50(44,45)46)37-47-40(42)35-33-31-29-27-25-23-21-18-16-14-12-10-8-6-4-2/h12,14,17-19,21,25,27,39H,3-11,13,15-16,20,22-24,26,28-38H2,1-2H3,(H2,44,45,46)/b14-12+,19-17+,21-18+,27-25+/t39-/m1/s1. The summed E-state index contributed by atoms with van der Waals surface area (Å²) in [6, 6.07) is 0. The predicted octanol–water partition coefficient (Wildman–Crippen LogP) is 12.0. The molecule has 0 heterocycles. The molecule has 0 fully saturated rings. The molecule has 0 rings (SSSR count). The second kappa shape index (κ2) is 36.8. The summed E-state index contributed by atoms with van der Waals surface area (Å²) in [5.41, 5.74) is 0. The second-order valence-electron chi connectivity index (χ2n) is 13.2. The molecule has 0 saturated heterocycles. The highest BCUT2D eigenvalue weighted by atomic mass is 31.2. The van der Waals surface area contributed by atoms with Gasteiger partial charge < -0.3 is 19.3 Å². The van der Waals surface area contributed by atoms with Crippen LogP contribution in [0, 0.1) is 0 Å². The molecule has 0 aromatic carbocycles. The van der Waals surface area contributed by atoms with E-state index in [4.69, 9.17) is 19.3 Å². The third kappa shape index (κ3) is 38.8. The van der Waals surface area contributed by atoms with Crippen LogP contribution in [0.3, 0.4) is 0 Å². The van der Waals surface area contributed by atoms with Gasteiger partial charge in [0.2, 0.25) is 0 Å². The minimum Gasteiger partial charge on any atom is -0.462 e. The third-order valence-electron chi connectivity index (χ3n) is 8.32. The first-order valence-corrected chi connectivity index (χ1v) is 21.5.